The summed E-state index contributed by atoms with van der Waals surface area (Å²) >= 11 is 5.54. The minimum atomic E-state index is -2.71. The molecule has 1 heterocycles. The van der Waals surface area contributed by atoms with Gasteiger partial charge in [-0.3, -0.25) is 9.59 Å². The molecular formula is C11H9ClF2N2O2. The van der Waals surface area contributed by atoms with E-state index >= 15 is 0 Å². The molecule has 2 amide bonds. The Kier molecular flexibility index (Phi) is 3.47. The predicted octanol–water partition coefficient (Wildman–Crippen LogP) is 2.51. The predicted molar refractivity (Wildman–Crippen MR) is 62.9 cm³/mol. The zero-order chi connectivity index (χ0) is 13.3. The van der Waals surface area contributed by atoms with Crippen LogP contribution in [0, 0.1) is 0 Å². The first-order valence-corrected chi connectivity index (χ1v) is 5.57. The first kappa shape index (κ1) is 12.8. The van der Waals surface area contributed by atoms with E-state index in [1.165, 1.54) is 18.2 Å². The molecule has 96 valence electrons. The summed E-state index contributed by atoms with van der Waals surface area (Å²) in [7, 11) is 0. The minimum absolute atomic E-state index is 0.182. The van der Waals surface area contributed by atoms with E-state index in [0.717, 1.165) is 0 Å². The maximum absolute atomic E-state index is 12.5. The number of hydrogen-bond donors (Lipinski definition) is 2. The van der Waals surface area contributed by atoms with Gasteiger partial charge in [-0.25, -0.2) is 8.78 Å². The summed E-state index contributed by atoms with van der Waals surface area (Å²) in [6.07, 6.45) is -3.01. The van der Waals surface area contributed by atoms with Gasteiger partial charge in [-0.1, -0.05) is 6.07 Å². The molecule has 1 aliphatic rings. The normalized spacial score (nSPS) is 16.7. The van der Waals surface area contributed by atoms with Crippen molar-refractivity contribution < 1.29 is 18.4 Å². The van der Waals surface area contributed by atoms with Crippen molar-refractivity contribution in [1.29, 1.82) is 0 Å². The van der Waals surface area contributed by atoms with Crippen LogP contribution in [0.15, 0.2) is 18.2 Å². The third-order valence-corrected chi connectivity index (χ3v) is 2.90. The summed E-state index contributed by atoms with van der Waals surface area (Å²) < 4.78 is 25.0. The molecule has 0 aliphatic carbocycles. The number of amides is 2. The number of alkyl halides is 3. The zero-order valence-electron chi connectivity index (χ0n) is 9.04. The highest BCUT2D eigenvalue weighted by Gasteiger charge is 2.23. The van der Waals surface area contributed by atoms with Crippen molar-refractivity contribution >= 4 is 34.8 Å². The molecule has 0 bridgehead atoms. The van der Waals surface area contributed by atoms with E-state index in [2.05, 4.69) is 10.6 Å². The second kappa shape index (κ2) is 4.89. The van der Waals surface area contributed by atoms with Crippen LogP contribution in [0.4, 0.5) is 20.2 Å². The Hall–Kier alpha value is -1.69. The third kappa shape index (κ3) is 2.59. The number of carbonyl (C=O) groups is 2. The summed E-state index contributed by atoms with van der Waals surface area (Å²) in [5, 5.41) is 3.50. The lowest BCUT2D eigenvalue weighted by Crippen LogP contribution is -2.16. The molecule has 2 N–H and O–H groups in total. The summed E-state index contributed by atoms with van der Waals surface area (Å²) in [6, 6.07) is 4.16. The SMILES string of the molecule is O=C1CC(=O)Nc2cc(C(Cl)C(F)F)ccc2N1. The van der Waals surface area contributed by atoms with E-state index in [4.69, 9.17) is 11.6 Å². The average Bonchev–Trinajstić information content (AvgIpc) is 2.43. The van der Waals surface area contributed by atoms with Crippen LogP contribution in [-0.2, 0) is 9.59 Å². The van der Waals surface area contributed by atoms with Crippen LogP contribution >= 0.6 is 11.6 Å². The highest BCUT2D eigenvalue weighted by Crippen LogP contribution is 2.33. The molecule has 0 fully saturated rings. The molecule has 0 spiro atoms. The number of benzene rings is 1. The van der Waals surface area contributed by atoms with E-state index in [9.17, 15) is 18.4 Å². The summed E-state index contributed by atoms with van der Waals surface area (Å²) in [6.45, 7) is 0. The number of anilines is 2. The molecule has 1 unspecified atom stereocenters. The molecule has 1 aromatic rings. The van der Waals surface area contributed by atoms with E-state index in [-0.39, 0.29) is 17.7 Å². The fourth-order valence-electron chi connectivity index (χ4n) is 1.63. The van der Waals surface area contributed by atoms with Crippen LogP contribution in [0.3, 0.4) is 0 Å². The Balaban J connectivity index is 2.37. The lowest BCUT2D eigenvalue weighted by molar-refractivity contribution is -0.123. The Morgan fingerprint density at radius 1 is 1.11 bits per heavy atom. The second-order valence-electron chi connectivity index (χ2n) is 3.81. The third-order valence-electron chi connectivity index (χ3n) is 2.45. The van der Waals surface area contributed by atoms with Crippen molar-refractivity contribution in [3.05, 3.63) is 23.8 Å². The average molecular weight is 275 g/mol. The number of halogens is 3. The summed E-state index contributed by atoms with van der Waals surface area (Å²) in [5.41, 5.74) is 0.823. The molecule has 0 saturated carbocycles. The Labute approximate surface area is 106 Å². The van der Waals surface area contributed by atoms with Gasteiger partial charge < -0.3 is 10.6 Å². The van der Waals surface area contributed by atoms with Crippen LogP contribution in [0.2, 0.25) is 0 Å². The number of rotatable bonds is 2. The molecule has 0 radical (unpaired) electrons. The van der Waals surface area contributed by atoms with Crippen molar-refractivity contribution in [3.8, 4) is 0 Å². The van der Waals surface area contributed by atoms with Gasteiger partial charge in [-0.2, -0.15) is 0 Å². The minimum Gasteiger partial charge on any atom is -0.324 e. The van der Waals surface area contributed by atoms with Gasteiger partial charge in [-0.05, 0) is 17.7 Å². The molecule has 4 nitrogen and oxygen atoms in total. The highest BCUT2D eigenvalue weighted by molar-refractivity contribution is 6.21. The standard InChI is InChI=1S/C11H9ClF2N2O2/c12-10(11(13)14)5-1-2-6-7(3-5)16-9(18)4-8(17)15-6/h1-3,10-11H,4H2,(H,15,17)(H,16,18). The fraction of sp³-hybridized carbons (Fsp3) is 0.273. The van der Waals surface area contributed by atoms with Crippen LogP contribution in [0.5, 0.6) is 0 Å². The van der Waals surface area contributed by atoms with Gasteiger partial charge >= 0.3 is 0 Å². The van der Waals surface area contributed by atoms with Crippen molar-refractivity contribution in [1.82, 2.24) is 0 Å². The molecule has 2 rings (SSSR count). The zero-order valence-corrected chi connectivity index (χ0v) is 9.80. The molecule has 0 aromatic heterocycles. The van der Waals surface area contributed by atoms with Crippen LogP contribution in [0.25, 0.3) is 0 Å². The highest BCUT2D eigenvalue weighted by atomic mass is 35.5. The molecule has 18 heavy (non-hydrogen) atoms. The molecule has 1 atom stereocenters. The number of nitrogens with one attached hydrogen (secondary N) is 2. The van der Waals surface area contributed by atoms with Gasteiger partial charge in [0.2, 0.25) is 11.8 Å². The van der Waals surface area contributed by atoms with Gasteiger partial charge in [0, 0.05) is 0 Å². The topological polar surface area (TPSA) is 58.2 Å². The first-order chi connectivity index (χ1) is 8.47. The maximum Gasteiger partial charge on any atom is 0.258 e. The number of carbonyl (C=O) groups excluding carboxylic acids is 2. The van der Waals surface area contributed by atoms with Gasteiger partial charge in [0.25, 0.3) is 6.43 Å². The molecule has 1 aromatic carbocycles. The first-order valence-electron chi connectivity index (χ1n) is 5.13. The quantitative estimate of drug-likeness (QED) is 0.643. The molecule has 7 heteroatoms. The molecule has 0 saturated heterocycles. The number of fused-ring (bicyclic) bond motifs is 1. The maximum atomic E-state index is 12.5. The van der Waals surface area contributed by atoms with E-state index in [0.29, 0.717) is 5.69 Å². The molecule has 1 aliphatic heterocycles. The second-order valence-corrected chi connectivity index (χ2v) is 4.28. The largest absolute Gasteiger partial charge is 0.324 e. The van der Waals surface area contributed by atoms with Crippen molar-refractivity contribution in [3.63, 3.8) is 0 Å². The summed E-state index contributed by atoms with van der Waals surface area (Å²) in [5.74, 6) is -0.943. The molecular weight excluding hydrogens is 266 g/mol. The Morgan fingerprint density at radius 2 is 1.72 bits per heavy atom. The van der Waals surface area contributed by atoms with E-state index < -0.39 is 23.6 Å². The lowest BCUT2D eigenvalue weighted by atomic mass is 10.1. The van der Waals surface area contributed by atoms with Crippen molar-refractivity contribution in [2.24, 2.45) is 0 Å². The van der Waals surface area contributed by atoms with Crippen molar-refractivity contribution in [2.75, 3.05) is 10.6 Å². The van der Waals surface area contributed by atoms with E-state index in [1.54, 1.807) is 0 Å². The van der Waals surface area contributed by atoms with Gasteiger partial charge in [0.05, 0.1) is 11.4 Å². The number of hydrogen-bond acceptors (Lipinski definition) is 2. The van der Waals surface area contributed by atoms with Crippen LogP contribution in [-0.4, -0.2) is 18.2 Å². The van der Waals surface area contributed by atoms with Gasteiger partial charge in [0.15, 0.2) is 0 Å². The Morgan fingerprint density at radius 3 is 2.33 bits per heavy atom. The van der Waals surface area contributed by atoms with Crippen LogP contribution < -0.4 is 10.6 Å². The fourth-order valence-corrected chi connectivity index (χ4v) is 1.76. The Bertz CT molecular complexity index is 508. The van der Waals surface area contributed by atoms with Crippen LogP contribution in [0.1, 0.15) is 17.4 Å². The van der Waals surface area contributed by atoms with Gasteiger partial charge in [-0.15, -0.1) is 11.6 Å². The summed E-state index contributed by atoms with van der Waals surface area (Å²) in [4.78, 5) is 22.6. The lowest BCUT2D eigenvalue weighted by Gasteiger charge is -2.12. The monoisotopic (exact) mass is 274 g/mol. The smallest absolute Gasteiger partial charge is 0.258 e. The van der Waals surface area contributed by atoms with Crippen molar-refractivity contribution in [2.45, 2.75) is 18.2 Å². The van der Waals surface area contributed by atoms with Gasteiger partial charge in [0.1, 0.15) is 11.8 Å². The van der Waals surface area contributed by atoms with E-state index in [1.807, 2.05) is 0 Å².